The molecule has 0 spiro atoms. The van der Waals surface area contributed by atoms with E-state index in [2.05, 4.69) is 13.0 Å². The Hall–Kier alpha value is -0.0200. The molecular weight excluding hydrogens is 366 g/mol. The van der Waals surface area contributed by atoms with Gasteiger partial charge >= 0.3 is 0 Å². The van der Waals surface area contributed by atoms with Gasteiger partial charge < -0.3 is 5.11 Å². The number of nitrogens with zero attached hydrogens (tertiary/aromatic N) is 1. The lowest BCUT2D eigenvalue weighted by molar-refractivity contribution is 0.274. The molecule has 0 heterocycles. The Morgan fingerprint density at radius 1 is 0.960 bits per heavy atom. The van der Waals surface area contributed by atoms with E-state index in [0.717, 1.165) is 12.2 Å². The van der Waals surface area contributed by atoms with Gasteiger partial charge in [0.2, 0.25) is 0 Å². The Balaban J connectivity index is 3.75. The predicted octanol–water partition coefficient (Wildman–Crippen LogP) is 6.64. The molecule has 25 heavy (non-hydrogen) atoms. The van der Waals surface area contributed by atoms with Gasteiger partial charge in [0, 0.05) is 6.61 Å². The summed E-state index contributed by atoms with van der Waals surface area (Å²) in [6, 6.07) is 2.28. The molecule has 144 valence electrons. The molecule has 0 rings (SSSR count). The summed E-state index contributed by atoms with van der Waals surface area (Å²) in [5, 5.41) is 18.4. The average molecular weight is 402 g/mol. The monoisotopic (exact) mass is 401 g/mol. The van der Waals surface area contributed by atoms with Gasteiger partial charge in [0.05, 0.1) is 20.5 Å². The van der Waals surface area contributed by atoms with Gasteiger partial charge in [-0.25, -0.2) is 0 Å². The summed E-state index contributed by atoms with van der Waals surface area (Å²) >= 11 is 12.5. The first-order valence-electron chi connectivity index (χ1n) is 9.75. The van der Waals surface area contributed by atoms with Crippen molar-refractivity contribution in [2.45, 2.75) is 90.9 Å². The summed E-state index contributed by atoms with van der Waals surface area (Å²) in [7, 11) is 0. The highest BCUT2D eigenvalue weighted by molar-refractivity contribution is 8.26. The van der Waals surface area contributed by atoms with Crippen molar-refractivity contribution in [2.24, 2.45) is 5.41 Å². The van der Waals surface area contributed by atoms with E-state index >= 15 is 0 Å². The molecule has 0 saturated carbocycles. The molecule has 0 radical (unpaired) electrons. The first kappa shape index (κ1) is 25.0. The van der Waals surface area contributed by atoms with E-state index in [1.165, 1.54) is 57.8 Å². The van der Waals surface area contributed by atoms with Crippen LogP contribution in [0, 0.1) is 16.7 Å². The van der Waals surface area contributed by atoms with Gasteiger partial charge in [-0.2, -0.15) is 5.26 Å². The Bertz CT molecular complexity index is 420. The second kappa shape index (κ2) is 16.2. The Morgan fingerprint density at radius 3 is 1.96 bits per heavy atom. The third-order valence-electron chi connectivity index (χ3n) is 4.50. The van der Waals surface area contributed by atoms with Crippen LogP contribution in [0.25, 0.3) is 0 Å². The van der Waals surface area contributed by atoms with Crippen LogP contribution in [0.3, 0.4) is 0 Å². The number of thioether (sulfide) groups is 1. The van der Waals surface area contributed by atoms with Gasteiger partial charge in [-0.05, 0) is 31.9 Å². The molecule has 0 saturated heterocycles. The van der Waals surface area contributed by atoms with Crippen molar-refractivity contribution in [3.8, 4) is 6.07 Å². The topological polar surface area (TPSA) is 44.0 Å². The molecule has 0 aromatic rings. The minimum atomic E-state index is -0.722. The average Bonchev–Trinajstić information content (AvgIpc) is 2.63. The summed E-state index contributed by atoms with van der Waals surface area (Å²) in [5.74, 6) is 0.983. The summed E-state index contributed by atoms with van der Waals surface area (Å²) in [4.78, 5) is 0.579. The van der Waals surface area contributed by atoms with E-state index in [-0.39, 0.29) is 6.61 Å². The summed E-state index contributed by atoms with van der Waals surface area (Å²) in [6.45, 7) is 4.17. The standard InChI is InChI=1S/C20H35NOS3/c1-3-4-5-6-7-8-9-10-11-12-16-25-19(24)18(23)20(2,17-21)14-13-15-22/h22H,3-16H2,1-2H3. The van der Waals surface area contributed by atoms with Crippen molar-refractivity contribution in [2.75, 3.05) is 12.4 Å². The third-order valence-corrected chi connectivity index (χ3v) is 6.93. The van der Waals surface area contributed by atoms with Crippen LogP contribution in [0.1, 0.15) is 90.9 Å². The van der Waals surface area contributed by atoms with E-state index in [4.69, 9.17) is 29.5 Å². The SMILES string of the molecule is CCCCCCCCCCCCSC(=S)C(=S)C(C)(C#N)CCCO. The molecule has 0 bridgehead atoms. The third kappa shape index (κ3) is 12.1. The van der Waals surface area contributed by atoms with Gasteiger partial charge in [-0.1, -0.05) is 89.1 Å². The quantitative estimate of drug-likeness (QED) is 0.232. The molecule has 0 aromatic carbocycles. The number of aliphatic hydroxyl groups excluding tert-OH is 1. The van der Waals surface area contributed by atoms with Gasteiger partial charge in [-0.3, -0.25) is 0 Å². The zero-order valence-electron chi connectivity index (χ0n) is 16.0. The zero-order valence-corrected chi connectivity index (χ0v) is 18.5. The smallest absolute Gasteiger partial charge is 0.0915 e. The van der Waals surface area contributed by atoms with Crippen molar-refractivity contribution in [1.82, 2.24) is 0 Å². The van der Waals surface area contributed by atoms with E-state index in [9.17, 15) is 5.26 Å². The number of hydrogen-bond acceptors (Lipinski definition) is 5. The molecule has 0 fully saturated rings. The van der Waals surface area contributed by atoms with Crippen LogP contribution in [-0.4, -0.2) is 26.5 Å². The molecule has 0 aliphatic rings. The summed E-state index contributed by atoms with van der Waals surface area (Å²) < 4.78 is 0.688. The predicted molar refractivity (Wildman–Crippen MR) is 120 cm³/mol. The second-order valence-corrected chi connectivity index (χ2v) is 9.10. The molecule has 1 atom stereocenters. The Morgan fingerprint density at radius 2 is 1.48 bits per heavy atom. The highest BCUT2D eigenvalue weighted by Gasteiger charge is 2.31. The lowest BCUT2D eigenvalue weighted by Crippen LogP contribution is -2.29. The summed E-state index contributed by atoms with van der Waals surface area (Å²) in [6.07, 6.45) is 14.4. The molecule has 2 nitrogen and oxygen atoms in total. The fourth-order valence-electron chi connectivity index (χ4n) is 2.70. The van der Waals surface area contributed by atoms with Crippen molar-refractivity contribution < 1.29 is 5.11 Å². The van der Waals surface area contributed by atoms with Crippen LogP contribution in [0.15, 0.2) is 0 Å². The van der Waals surface area contributed by atoms with E-state index in [0.29, 0.717) is 21.9 Å². The van der Waals surface area contributed by atoms with Crippen molar-refractivity contribution >= 4 is 45.3 Å². The van der Waals surface area contributed by atoms with Gasteiger partial charge in [0.1, 0.15) is 0 Å². The maximum Gasteiger partial charge on any atom is 0.0915 e. The molecule has 1 unspecified atom stereocenters. The number of hydrogen-bond donors (Lipinski definition) is 1. The van der Waals surface area contributed by atoms with Crippen LogP contribution in [0.2, 0.25) is 0 Å². The maximum atomic E-state index is 9.40. The van der Waals surface area contributed by atoms with Crippen molar-refractivity contribution in [3.05, 3.63) is 0 Å². The molecule has 0 aliphatic heterocycles. The van der Waals surface area contributed by atoms with Crippen LogP contribution >= 0.6 is 36.2 Å². The van der Waals surface area contributed by atoms with E-state index < -0.39 is 5.41 Å². The van der Waals surface area contributed by atoms with Crippen LogP contribution in [0.5, 0.6) is 0 Å². The largest absolute Gasteiger partial charge is 0.396 e. The molecular formula is C20H35NOS3. The zero-order chi connectivity index (χ0) is 19.0. The normalized spacial score (nSPS) is 13.2. The maximum absolute atomic E-state index is 9.40. The lowest BCUT2D eigenvalue weighted by Gasteiger charge is -2.22. The minimum absolute atomic E-state index is 0.0817. The Labute approximate surface area is 170 Å². The van der Waals surface area contributed by atoms with Crippen molar-refractivity contribution in [3.63, 3.8) is 0 Å². The van der Waals surface area contributed by atoms with Crippen LogP contribution in [-0.2, 0) is 0 Å². The first-order valence-corrected chi connectivity index (χ1v) is 11.6. The van der Waals surface area contributed by atoms with E-state index in [1.54, 1.807) is 11.8 Å². The number of nitriles is 1. The fraction of sp³-hybridized carbons (Fsp3) is 0.850. The van der Waals surface area contributed by atoms with Crippen LogP contribution in [0.4, 0.5) is 0 Å². The molecule has 5 heteroatoms. The minimum Gasteiger partial charge on any atom is -0.396 e. The number of thiocarbonyl (C=S) groups is 2. The second-order valence-electron chi connectivity index (χ2n) is 6.92. The number of aliphatic hydroxyl groups is 1. The van der Waals surface area contributed by atoms with Gasteiger partial charge in [0.25, 0.3) is 0 Å². The highest BCUT2D eigenvalue weighted by Crippen LogP contribution is 2.28. The van der Waals surface area contributed by atoms with Gasteiger partial charge in [-0.15, -0.1) is 11.8 Å². The molecule has 0 aliphatic carbocycles. The van der Waals surface area contributed by atoms with Crippen molar-refractivity contribution in [1.29, 1.82) is 5.26 Å². The van der Waals surface area contributed by atoms with Crippen LogP contribution < -0.4 is 0 Å². The lowest BCUT2D eigenvalue weighted by atomic mass is 9.84. The summed E-state index contributed by atoms with van der Waals surface area (Å²) in [5.41, 5.74) is -0.722. The molecule has 0 amide bonds. The Kier molecular flexibility index (Phi) is 16.2. The molecule has 0 aromatic heterocycles. The fourth-order valence-corrected chi connectivity index (χ4v) is 4.39. The number of rotatable bonds is 16. The number of unbranched alkanes of at least 4 members (excludes halogenated alkanes) is 9. The van der Waals surface area contributed by atoms with Gasteiger partial charge in [0.15, 0.2) is 0 Å². The molecule has 1 N–H and O–H groups in total. The first-order chi connectivity index (χ1) is 12.0. The highest BCUT2D eigenvalue weighted by atomic mass is 32.2. The van der Waals surface area contributed by atoms with E-state index in [1.807, 2.05) is 6.92 Å².